The first-order valence-electron chi connectivity index (χ1n) is 11.0. The number of amides is 2. The van der Waals surface area contributed by atoms with Crippen LogP contribution in [-0.2, 0) is 0 Å². The molecule has 0 aliphatic heterocycles. The summed E-state index contributed by atoms with van der Waals surface area (Å²) in [5.74, 6) is -1.86. The average molecular weight is 504 g/mol. The summed E-state index contributed by atoms with van der Waals surface area (Å²) >= 11 is 0. The van der Waals surface area contributed by atoms with E-state index in [4.69, 9.17) is 5.73 Å². The molecule has 13 nitrogen and oxygen atoms in total. The van der Waals surface area contributed by atoms with Gasteiger partial charge in [0.2, 0.25) is 0 Å². The van der Waals surface area contributed by atoms with E-state index in [1.54, 1.807) is 30.3 Å². The van der Waals surface area contributed by atoms with E-state index < -0.39 is 17.6 Å². The molecule has 0 fully saturated rings. The summed E-state index contributed by atoms with van der Waals surface area (Å²) in [5.41, 5.74) is 5.21. The Hall–Kier alpha value is -6.03. The van der Waals surface area contributed by atoms with Gasteiger partial charge in [0, 0.05) is 24.0 Å². The zero-order valence-electron chi connectivity index (χ0n) is 19.3. The second kappa shape index (κ2) is 9.91. The molecule has 2 aromatic carbocycles. The van der Waals surface area contributed by atoms with Crippen molar-refractivity contribution in [3.05, 3.63) is 90.1 Å². The van der Waals surface area contributed by atoms with E-state index in [9.17, 15) is 20.0 Å². The summed E-state index contributed by atoms with van der Waals surface area (Å²) in [6, 6.07) is 15.0. The number of phenolic OH excluding ortho intramolecular Hbond substituents is 1. The third kappa shape index (κ3) is 4.36. The quantitative estimate of drug-likeness (QED) is 0.292. The van der Waals surface area contributed by atoms with Gasteiger partial charge in [-0.05, 0) is 29.7 Å². The predicted molar refractivity (Wildman–Crippen MR) is 134 cm³/mol. The molecule has 0 atom stereocenters. The van der Waals surface area contributed by atoms with Crippen molar-refractivity contribution in [1.29, 1.82) is 5.26 Å². The smallest absolute Gasteiger partial charge is 0.269 e. The van der Waals surface area contributed by atoms with E-state index in [0.717, 1.165) is 0 Å². The Morgan fingerprint density at radius 1 is 1.03 bits per heavy atom. The molecule has 0 saturated carbocycles. The predicted octanol–water partition coefficient (Wildman–Crippen LogP) is 3.55. The first-order valence-corrected chi connectivity index (χ1v) is 11.0. The minimum atomic E-state index is -0.828. The number of pyridine rings is 1. The Morgan fingerprint density at radius 2 is 1.79 bits per heavy atom. The summed E-state index contributed by atoms with van der Waals surface area (Å²) < 4.78 is 1.23. The number of nitrogens with zero attached hydrogens (tertiary/aromatic N) is 8. The van der Waals surface area contributed by atoms with Gasteiger partial charge in [0.15, 0.2) is 17.3 Å². The van der Waals surface area contributed by atoms with Gasteiger partial charge in [-0.3, -0.25) is 9.59 Å². The number of nitrogens with two attached hydrogens (primary N) is 1. The monoisotopic (exact) mass is 504 g/mol. The first kappa shape index (κ1) is 23.7. The van der Waals surface area contributed by atoms with Gasteiger partial charge < -0.3 is 16.2 Å². The molecule has 0 spiro atoms. The molecule has 3 heterocycles. The number of carbonyl (C=O) groups is 2. The zero-order valence-corrected chi connectivity index (χ0v) is 19.3. The number of hydrogen-bond acceptors (Lipinski definition) is 10. The van der Waals surface area contributed by atoms with Crippen molar-refractivity contribution in [2.24, 2.45) is 16.0 Å². The number of aromatic nitrogens is 5. The molecular weight excluding hydrogens is 488 g/mol. The molecule has 0 unspecified atom stereocenters. The molecule has 0 aliphatic carbocycles. The number of azo groups is 1. The van der Waals surface area contributed by atoms with Crippen molar-refractivity contribution in [3.63, 3.8) is 0 Å². The molecule has 13 heteroatoms. The Bertz CT molecular complexity index is 1770. The fourth-order valence-corrected chi connectivity index (χ4v) is 3.65. The van der Waals surface area contributed by atoms with Crippen molar-refractivity contribution in [3.8, 4) is 17.8 Å². The van der Waals surface area contributed by atoms with Crippen molar-refractivity contribution in [2.75, 3.05) is 5.32 Å². The van der Waals surface area contributed by atoms with Crippen LogP contribution in [0.15, 0.2) is 83.5 Å². The van der Waals surface area contributed by atoms with E-state index >= 15 is 0 Å². The lowest BCUT2D eigenvalue weighted by Gasteiger charge is -2.12. The highest BCUT2D eigenvalue weighted by Crippen LogP contribution is 2.40. The van der Waals surface area contributed by atoms with Gasteiger partial charge in [0.1, 0.15) is 17.3 Å². The molecule has 5 aromatic rings. The van der Waals surface area contributed by atoms with Crippen LogP contribution in [-0.4, -0.2) is 41.7 Å². The Morgan fingerprint density at radius 3 is 2.55 bits per heavy atom. The van der Waals surface area contributed by atoms with Crippen LogP contribution in [0.3, 0.4) is 0 Å². The third-order valence-corrected chi connectivity index (χ3v) is 5.38. The van der Waals surface area contributed by atoms with Crippen molar-refractivity contribution in [1.82, 2.24) is 24.7 Å². The molecule has 2 amide bonds. The average Bonchev–Trinajstić information content (AvgIpc) is 3.35. The van der Waals surface area contributed by atoms with Crippen molar-refractivity contribution >= 4 is 39.8 Å². The van der Waals surface area contributed by atoms with E-state index in [1.165, 1.54) is 47.7 Å². The van der Waals surface area contributed by atoms with Gasteiger partial charge in [-0.15, -0.1) is 10.2 Å². The van der Waals surface area contributed by atoms with E-state index in [0.29, 0.717) is 10.8 Å². The minimum absolute atomic E-state index is 0.0264. The Labute approximate surface area is 213 Å². The molecule has 38 heavy (non-hydrogen) atoms. The van der Waals surface area contributed by atoms with Crippen LogP contribution in [0.5, 0.6) is 5.75 Å². The topological polar surface area (TPSA) is 197 Å². The van der Waals surface area contributed by atoms with E-state index in [-0.39, 0.29) is 40.0 Å². The highest BCUT2D eigenvalue weighted by Gasteiger charge is 2.21. The van der Waals surface area contributed by atoms with Gasteiger partial charge in [0.25, 0.3) is 17.8 Å². The highest BCUT2D eigenvalue weighted by atomic mass is 16.3. The molecule has 184 valence electrons. The van der Waals surface area contributed by atoms with Crippen LogP contribution in [0.1, 0.15) is 26.4 Å². The number of hydrogen-bond donors (Lipinski definition) is 3. The minimum Gasteiger partial charge on any atom is -0.505 e. The lowest BCUT2D eigenvalue weighted by Crippen LogP contribution is -2.19. The van der Waals surface area contributed by atoms with Crippen molar-refractivity contribution < 1.29 is 14.7 Å². The summed E-state index contributed by atoms with van der Waals surface area (Å²) in [7, 11) is 0. The summed E-state index contributed by atoms with van der Waals surface area (Å²) in [6.07, 6.45) is 5.66. The second-order valence-corrected chi connectivity index (χ2v) is 7.71. The number of fused-ring (bicyclic) bond motifs is 1. The lowest BCUT2D eigenvalue weighted by molar-refractivity contribution is 0.0996. The van der Waals surface area contributed by atoms with Crippen LogP contribution in [0.2, 0.25) is 0 Å². The molecule has 3 aromatic heterocycles. The molecule has 4 N–H and O–H groups in total. The fraction of sp³-hybridized carbons (Fsp3) is 0. The Kier molecular flexibility index (Phi) is 6.18. The highest BCUT2D eigenvalue weighted by molar-refractivity contribution is 6.13. The molecule has 0 aliphatic rings. The Balaban J connectivity index is 1.61. The normalized spacial score (nSPS) is 10.9. The van der Waals surface area contributed by atoms with Crippen LogP contribution < -0.4 is 11.1 Å². The maximum absolute atomic E-state index is 13.2. The third-order valence-electron chi connectivity index (χ3n) is 5.38. The number of nitrogens with one attached hydrogen (secondary N) is 1. The number of primary amides is 1. The van der Waals surface area contributed by atoms with Gasteiger partial charge in [-0.1, -0.05) is 24.3 Å². The summed E-state index contributed by atoms with van der Waals surface area (Å²) in [4.78, 5) is 37.0. The van der Waals surface area contributed by atoms with Gasteiger partial charge in [-0.2, -0.15) is 15.0 Å². The molecule has 0 saturated heterocycles. The maximum Gasteiger partial charge on any atom is 0.269 e. The second-order valence-electron chi connectivity index (χ2n) is 7.71. The van der Waals surface area contributed by atoms with Crippen LogP contribution in [0.25, 0.3) is 16.7 Å². The number of anilines is 1. The van der Waals surface area contributed by atoms with Crippen LogP contribution in [0.4, 0.5) is 17.2 Å². The SMILES string of the molecule is N#Cc1cnn(-c2ncccn2)c1N=Nc1c(O)c(C(=O)Nc2cccnc2C(N)=O)cc2ccccc12. The number of rotatable bonds is 6. The molecular formula is C25H16N10O3. The van der Waals surface area contributed by atoms with Gasteiger partial charge >= 0.3 is 0 Å². The number of benzene rings is 2. The van der Waals surface area contributed by atoms with Crippen LogP contribution in [0, 0.1) is 11.3 Å². The largest absolute Gasteiger partial charge is 0.505 e. The first-order chi connectivity index (χ1) is 18.5. The van der Waals surface area contributed by atoms with Gasteiger partial charge in [0.05, 0.1) is 17.4 Å². The van der Waals surface area contributed by atoms with Crippen LogP contribution >= 0.6 is 0 Å². The number of aromatic hydroxyl groups is 1. The number of phenols is 1. The number of nitriles is 1. The van der Waals surface area contributed by atoms with E-state index in [2.05, 4.69) is 35.6 Å². The zero-order chi connectivity index (χ0) is 26.6. The fourth-order valence-electron chi connectivity index (χ4n) is 3.65. The molecule has 0 radical (unpaired) electrons. The molecule has 0 bridgehead atoms. The summed E-state index contributed by atoms with van der Waals surface area (Å²) in [6.45, 7) is 0. The summed E-state index contributed by atoms with van der Waals surface area (Å²) in [5, 5.41) is 36.8. The maximum atomic E-state index is 13.2. The van der Waals surface area contributed by atoms with Crippen molar-refractivity contribution in [2.45, 2.75) is 0 Å². The number of carbonyl (C=O) groups excluding carboxylic acids is 2. The molecule has 5 rings (SSSR count). The van der Waals surface area contributed by atoms with E-state index in [1.807, 2.05) is 6.07 Å². The lowest BCUT2D eigenvalue weighted by atomic mass is 10.0. The standard InChI is InChI=1S/C25H16N10O3/c26-12-15-13-31-35(25-29-9-4-10-30-25)23(15)34-33-19-16-6-2-1-5-14(16)11-17(21(19)36)24(38)32-18-7-3-8-28-20(18)22(27)37/h1-11,13,36H,(H2,27,37)(H,32,38). The van der Waals surface area contributed by atoms with Gasteiger partial charge in [-0.25, -0.2) is 15.0 Å².